The highest BCUT2D eigenvalue weighted by molar-refractivity contribution is 6.05. The molecule has 2 amide bonds. The molecule has 2 aromatic heterocycles. The summed E-state index contributed by atoms with van der Waals surface area (Å²) in [6.45, 7) is 5.79. The van der Waals surface area contributed by atoms with E-state index in [1.165, 1.54) is 0 Å². The van der Waals surface area contributed by atoms with Crippen molar-refractivity contribution in [2.75, 3.05) is 26.5 Å². The van der Waals surface area contributed by atoms with Gasteiger partial charge in [0.15, 0.2) is 17.3 Å². The lowest BCUT2D eigenvalue weighted by atomic mass is 10.1. The van der Waals surface area contributed by atoms with Gasteiger partial charge >= 0.3 is 0 Å². The van der Waals surface area contributed by atoms with E-state index >= 15 is 0 Å². The molecule has 0 spiro atoms. The van der Waals surface area contributed by atoms with Crippen LogP contribution in [0.1, 0.15) is 49.9 Å². The van der Waals surface area contributed by atoms with E-state index in [2.05, 4.69) is 22.2 Å². The number of amides is 2. The SMILES string of the molecule is CCCCOc1ccc2c(c1-c1ncc3[nH]cc(C(=O)N[C@@H]4CCN(C(=O)CC)C4)c3n1)OCO2. The number of fused-ring (bicyclic) bond motifs is 2. The number of likely N-dealkylation sites (tertiary alicyclic amines) is 1. The first kappa shape index (κ1) is 22.9. The molecule has 0 bridgehead atoms. The van der Waals surface area contributed by atoms with E-state index < -0.39 is 0 Å². The van der Waals surface area contributed by atoms with Crippen LogP contribution in [0.5, 0.6) is 17.2 Å². The highest BCUT2D eigenvalue weighted by atomic mass is 16.7. The van der Waals surface area contributed by atoms with Gasteiger partial charge in [-0.2, -0.15) is 0 Å². The van der Waals surface area contributed by atoms with E-state index in [-0.39, 0.29) is 24.6 Å². The van der Waals surface area contributed by atoms with Crippen molar-refractivity contribution in [3.63, 3.8) is 0 Å². The van der Waals surface area contributed by atoms with E-state index in [1.54, 1.807) is 17.3 Å². The molecule has 35 heavy (non-hydrogen) atoms. The molecule has 1 fully saturated rings. The fourth-order valence-corrected chi connectivity index (χ4v) is 4.41. The second kappa shape index (κ2) is 9.81. The van der Waals surface area contributed by atoms with Crippen LogP contribution in [0.3, 0.4) is 0 Å². The molecule has 10 heteroatoms. The number of ether oxygens (including phenoxy) is 3. The minimum Gasteiger partial charge on any atom is -0.493 e. The largest absolute Gasteiger partial charge is 0.493 e. The lowest BCUT2D eigenvalue weighted by Gasteiger charge is -2.16. The minimum atomic E-state index is -0.242. The molecule has 4 heterocycles. The number of rotatable bonds is 8. The summed E-state index contributed by atoms with van der Waals surface area (Å²) in [4.78, 5) is 39.2. The zero-order valence-electron chi connectivity index (χ0n) is 19.9. The number of aromatic nitrogens is 3. The van der Waals surface area contributed by atoms with Gasteiger partial charge in [0.2, 0.25) is 12.7 Å². The van der Waals surface area contributed by atoms with Crippen LogP contribution >= 0.6 is 0 Å². The maximum Gasteiger partial charge on any atom is 0.255 e. The van der Waals surface area contributed by atoms with Crippen molar-refractivity contribution >= 4 is 22.8 Å². The van der Waals surface area contributed by atoms with Crippen molar-refractivity contribution < 1.29 is 23.8 Å². The Morgan fingerprint density at radius 2 is 2.17 bits per heavy atom. The molecule has 10 nitrogen and oxygen atoms in total. The molecule has 184 valence electrons. The van der Waals surface area contributed by atoms with Crippen molar-refractivity contribution in [1.82, 2.24) is 25.2 Å². The van der Waals surface area contributed by atoms with Gasteiger partial charge in [0.1, 0.15) is 16.8 Å². The number of nitrogens with one attached hydrogen (secondary N) is 2. The van der Waals surface area contributed by atoms with Crippen LogP contribution in [-0.2, 0) is 4.79 Å². The molecule has 0 unspecified atom stereocenters. The number of aromatic amines is 1. The number of nitrogens with zero attached hydrogens (tertiary/aromatic N) is 3. The van der Waals surface area contributed by atoms with Gasteiger partial charge in [-0.1, -0.05) is 20.3 Å². The van der Waals surface area contributed by atoms with Gasteiger partial charge < -0.3 is 29.4 Å². The Morgan fingerprint density at radius 1 is 1.29 bits per heavy atom. The van der Waals surface area contributed by atoms with Crippen molar-refractivity contribution in [1.29, 1.82) is 0 Å². The number of carbonyl (C=O) groups is 2. The summed E-state index contributed by atoms with van der Waals surface area (Å²) in [6, 6.07) is 3.56. The average Bonchev–Trinajstić information content (AvgIpc) is 3.62. The second-order valence-electron chi connectivity index (χ2n) is 8.69. The number of hydrogen-bond acceptors (Lipinski definition) is 7. The first-order valence-corrected chi connectivity index (χ1v) is 12.1. The molecule has 2 aliphatic rings. The summed E-state index contributed by atoms with van der Waals surface area (Å²) < 4.78 is 17.3. The van der Waals surface area contributed by atoms with Crippen LogP contribution in [0.25, 0.3) is 22.4 Å². The molecule has 1 atom stereocenters. The standard InChI is InChI=1S/C25H29N5O5/c1-3-5-10-33-18-6-7-19-23(35-14-34-19)21(18)24-27-12-17-22(29-24)16(11-26-17)25(32)28-15-8-9-30(13-15)20(31)4-2/h6-7,11-12,15,26H,3-5,8-10,13-14H2,1-2H3,(H,28,32)/t15-/m1/s1. The second-order valence-corrected chi connectivity index (χ2v) is 8.69. The molecule has 0 radical (unpaired) electrons. The van der Waals surface area contributed by atoms with Gasteiger partial charge in [0, 0.05) is 31.7 Å². The normalized spacial score (nSPS) is 16.6. The molecular weight excluding hydrogens is 450 g/mol. The number of unbranched alkanes of at least 4 members (excludes halogenated alkanes) is 1. The van der Waals surface area contributed by atoms with Crippen LogP contribution < -0.4 is 19.5 Å². The maximum absolute atomic E-state index is 13.1. The predicted octanol–water partition coefficient (Wildman–Crippen LogP) is 3.27. The first-order chi connectivity index (χ1) is 17.1. The Hall–Kier alpha value is -3.82. The Bertz CT molecular complexity index is 1260. The molecule has 1 aromatic carbocycles. The highest BCUT2D eigenvalue weighted by Crippen LogP contribution is 2.46. The molecule has 1 saturated heterocycles. The Balaban J connectivity index is 1.44. The zero-order valence-corrected chi connectivity index (χ0v) is 19.9. The van der Waals surface area contributed by atoms with E-state index in [4.69, 9.17) is 19.2 Å². The van der Waals surface area contributed by atoms with E-state index in [9.17, 15) is 9.59 Å². The fourth-order valence-electron chi connectivity index (χ4n) is 4.41. The summed E-state index contributed by atoms with van der Waals surface area (Å²) in [5, 5.41) is 3.05. The molecule has 2 N–H and O–H groups in total. The van der Waals surface area contributed by atoms with Crippen LogP contribution in [-0.4, -0.2) is 64.2 Å². The van der Waals surface area contributed by atoms with Crippen molar-refractivity contribution in [2.45, 2.75) is 45.6 Å². The van der Waals surface area contributed by atoms with Gasteiger partial charge in [-0.25, -0.2) is 9.97 Å². The summed E-state index contributed by atoms with van der Waals surface area (Å²) >= 11 is 0. The lowest BCUT2D eigenvalue weighted by molar-refractivity contribution is -0.129. The summed E-state index contributed by atoms with van der Waals surface area (Å²) in [5.41, 5.74) is 2.17. The lowest BCUT2D eigenvalue weighted by Crippen LogP contribution is -2.38. The number of hydrogen-bond donors (Lipinski definition) is 2. The number of carbonyl (C=O) groups excluding carboxylic acids is 2. The Kier molecular flexibility index (Phi) is 6.43. The predicted molar refractivity (Wildman–Crippen MR) is 129 cm³/mol. The molecule has 0 aliphatic carbocycles. The van der Waals surface area contributed by atoms with Crippen molar-refractivity contribution in [3.05, 3.63) is 30.1 Å². The Labute approximate surface area is 203 Å². The van der Waals surface area contributed by atoms with Gasteiger partial charge in [0.25, 0.3) is 5.91 Å². The van der Waals surface area contributed by atoms with E-state index in [0.717, 1.165) is 19.3 Å². The first-order valence-electron chi connectivity index (χ1n) is 12.1. The quantitative estimate of drug-likeness (QED) is 0.476. The number of benzene rings is 1. The zero-order chi connectivity index (χ0) is 24.4. The van der Waals surface area contributed by atoms with Crippen LogP contribution in [0, 0.1) is 0 Å². The number of H-pyrrole nitrogens is 1. The maximum atomic E-state index is 13.1. The molecule has 5 rings (SSSR count). The summed E-state index contributed by atoms with van der Waals surface area (Å²) in [6.07, 6.45) is 6.40. The van der Waals surface area contributed by atoms with Crippen LogP contribution in [0.4, 0.5) is 0 Å². The van der Waals surface area contributed by atoms with Crippen molar-refractivity contribution in [3.8, 4) is 28.6 Å². The van der Waals surface area contributed by atoms with Crippen LogP contribution in [0.15, 0.2) is 24.5 Å². The van der Waals surface area contributed by atoms with E-state index in [1.807, 2.05) is 19.1 Å². The smallest absolute Gasteiger partial charge is 0.255 e. The Morgan fingerprint density at radius 3 is 3.00 bits per heavy atom. The molecular formula is C25H29N5O5. The van der Waals surface area contributed by atoms with Gasteiger partial charge in [-0.3, -0.25) is 9.59 Å². The third-order valence-electron chi connectivity index (χ3n) is 6.32. The van der Waals surface area contributed by atoms with E-state index in [0.29, 0.717) is 71.4 Å². The summed E-state index contributed by atoms with van der Waals surface area (Å²) in [7, 11) is 0. The fraction of sp³-hybridized carbons (Fsp3) is 0.440. The van der Waals surface area contributed by atoms with Gasteiger partial charge in [-0.15, -0.1) is 0 Å². The minimum absolute atomic E-state index is 0.0919. The van der Waals surface area contributed by atoms with Gasteiger partial charge in [0.05, 0.1) is 23.9 Å². The topological polar surface area (TPSA) is 119 Å². The van der Waals surface area contributed by atoms with Gasteiger partial charge in [-0.05, 0) is 25.0 Å². The molecule has 2 aliphatic heterocycles. The van der Waals surface area contributed by atoms with Crippen molar-refractivity contribution in [2.24, 2.45) is 0 Å². The van der Waals surface area contributed by atoms with Crippen LogP contribution in [0.2, 0.25) is 0 Å². The molecule has 0 saturated carbocycles. The summed E-state index contributed by atoms with van der Waals surface area (Å²) in [5.74, 6) is 1.99. The highest BCUT2D eigenvalue weighted by Gasteiger charge is 2.29. The average molecular weight is 480 g/mol. The third-order valence-corrected chi connectivity index (χ3v) is 6.32. The molecule has 3 aromatic rings. The monoisotopic (exact) mass is 479 g/mol. The third kappa shape index (κ3) is 4.48.